The summed E-state index contributed by atoms with van der Waals surface area (Å²) < 4.78 is 1.24. The van der Waals surface area contributed by atoms with E-state index in [0.29, 0.717) is 5.41 Å². The molecule has 0 radical (unpaired) electrons. The molecule has 1 aromatic rings. The quantitative estimate of drug-likeness (QED) is 0.530. The highest BCUT2D eigenvalue weighted by molar-refractivity contribution is 9.11. The molecule has 1 aliphatic carbocycles. The number of rotatable bonds is 4. The average molecular weight is 350 g/mol. The van der Waals surface area contributed by atoms with Crippen molar-refractivity contribution in [3.63, 3.8) is 0 Å². The molecule has 0 N–H and O–H groups in total. The summed E-state index contributed by atoms with van der Waals surface area (Å²) in [6, 6.07) is 2.27. The van der Waals surface area contributed by atoms with Crippen LogP contribution in [0.4, 0.5) is 0 Å². The van der Waals surface area contributed by atoms with Gasteiger partial charge in [-0.25, -0.2) is 0 Å². The molecular weight excluding hydrogens is 328 g/mol. The van der Waals surface area contributed by atoms with Gasteiger partial charge in [0.25, 0.3) is 0 Å². The van der Waals surface area contributed by atoms with Crippen molar-refractivity contribution in [2.24, 2.45) is 11.3 Å². The fourth-order valence-electron chi connectivity index (χ4n) is 3.36. The molecule has 2 rings (SSSR count). The molecule has 3 heteroatoms. The Balaban J connectivity index is 2.25. The molecule has 0 bridgehead atoms. The highest BCUT2D eigenvalue weighted by atomic mass is 79.9. The van der Waals surface area contributed by atoms with Gasteiger partial charge in [-0.2, -0.15) is 0 Å². The second-order valence-electron chi connectivity index (χ2n) is 6.14. The van der Waals surface area contributed by atoms with Gasteiger partial charge in [-0.3, -0.25) is 0 Å². The molecular formula is C15H22BrClS. The second kappa shape index (κ2) is 5.85. The van der Waals surface area contributed by atoms with E-state index in [1.807, 2.05) is 11.3 Å². The van der Waals surface area contributed by atoms with Crippen molar-refractivity contribution in [3.05, 3.63) is 20.3 Å². The summed E-state index contributed by atoms with van der Waals surface area (Å²) in [5, 5.41) is 0.192. The van der Waals surface area contributed by atoms with Crippen LogP contribution in [0.25, 0.3) is 0 Å². The molecule has 1 aliphatic rings. The molecule has 0 nitrogen and oxygen atoms in total. The van der Waals surface area contributed by atoms with Gasteiger partial charge in [0.1, 0.15) is 0 Å². The first-order chi connectivity index (χ1) is 8.44. The van der Waals surface area contributed by atoms with Gasteiger partial charge < -0.3 is 0 Å². The monoisotopic (exact) mass is 348 g/mol. The maximum atomic E-state index is 6.89. The zero-order valence-corrected chi connectivity index (χ0v) is 14.6. The fourth-order valence-corrected chi connectivity index (χ4v) is 5.56. The van der Waals surface area contributed by atoms with Crippen LogP contribution in [0.2, 0.25) is 0 Å². The van der Waals surface area contributed by atoms with Crippen molar-refractivity contribution in [1.82, 2.24) is 0 Å². The number of alkyl halides is 1. The van der Waals surface area contributed by atoms with Crippen molar-refractivity contribution in [2.75, 3.05) is 0 Å². The minimum absolute atomic E-state index is 0.192. The first kappa shape index (κ1) is 14.9. The van der Waals surface area contributed by atoms with Crippen molar-refractivity contribution < 1.29 is 0 Å². The third kappa shape index (κ3) is 2.96. The smallest absolute Gasteiger partial charge is 0.0735 e. The van der Waals surface area contributed by atoms with E-state index >= 15 is 0 Å². The Morgan fingerprint density at radius 3 is 2.44 bits per heavy atom. The molecule has 1 heterocycles. The van der Waals surface area contributed by atoms with Gasteiger partial charge in [-0.1, -0.05) is 26.7 Å². The van der Waals surface area contributed by atoms with Crippen LogP contribution in [0, 0.1) is 18.3 Å². The summed E-state index contributed by atoms with van der Waals surface area (Å²) >= 11 is 12.3. The Morgan fingerprint density at radius 1 is 1.39 bits per heavy atom. The van der Waals surface area contributed by atoms with Crippen LogP contribution in [0.5, 0.6) is 0 Å². The van der Waals surface area contributed by atoms with Crippen molar-refractivity contribution in [3.8, 4) is 0 Å². The van der Waals surface area contributed by atoms with Crippen LogP contribution >= 0.6 is 38.9 Å². The van der Waals surface area contributed by atoms with E-state index in [1.54, 1.807) is 0 Å². The van der Waals surface area contributed by atoms with Gasteiger partial charge in [-0.05, 0) is 65.1 Å². The van der Waals surface area contributed by atoms with E-state index in [-0.39, 0.29) is 5.38 Å². The Bertz CT molecular complexity index is 385. The van der Waals surface area contributed by atoms with Gasteiger partial charge in [0.05, 0.1) is 9.16 Å². The molecule has 0 aromatic carbocycles. The Kier molecular flexibility index (Phi) is 4.83. The topological polar surface area (TPSA) is 0 Å². The van der Waals surface area contributed by atoms with Gasteiger partial charge in [0.15, 0.2) is 0 Å². The van der Waals surface area contributed by atoms with Crippen LogP contribution in [0.3, 0.4) is 0 Å². The lowest BCUT2D eigenvalue weighted by molar-refractivity contribution is 0.225. The molecule has 18 heavy (non-hydrogen) atoms. The first-order valence-corrected chi connectivity index (χ1v) is 8.89. The average Bonchev–Trinajstić information content (AvgIpc) is 2.86. The van der Waals surface area contributed by atoms with E-state index in [4.69, 9.17) is 11.6 Å². The van der Waals surface area contributed by atoms with Crippen LogP contribution in [0.1, 0.15) is 61.8 Å². The van der Waals surface area contributed by atoms with E-state index in [2.05, 4.69) is 42.8 Å². The van der Waals surface area contributed by atoms with Crippen LogP contribution in [0.15, 0.2) is 9.85 Å². The van der Waals surface area contributed by atoms with Gasteiger partial charge in [0, 0.05) is 4.88 Å². The highest BCUT2D eigenvalue weighted by Crippen LogP contribution is 2.56. The lowest BCUT2D eigenvalue weighted by Gasteiger charge is -2.35. The van der Waals surface area contributed by atoms with Gasteiger partial charge in [0.2, 0.25) is 0 Å². The molecule has 102 valence electrons. The van der Waals surface area contributed by atoms with E-state index in [9.17, 15) is 0 Å². The normalized spacial score (nSPS) is 20.6. The zero-order valence-electron chi connectivity index (χ0n) is 11.4. The minimum atomic E-state index is 0.192. The van der Waals surface area contributed by atoms with E-state index < -0.39 is 0 Å². The summed E-state index contributed by atoms with van der Waals surface area (Å²) in [6.45, 7) is 6.79. The largest absolute Gasteiger partial charge is 0.131 e. The predicted octanol–water partition coefficient (Wildman–Crippen LogP) is 6.71. The third-order valence-electron chi connectivity index (χ3n) is 4.08. The van der Waals surface area contributed by atoms with Gasteiger partial charge >= 0.3 is 0 Å². The second-order valence-corrected chi connectivity index (χ2v) is 8.97. The Labute approximate surface area is 128 Å². The van der Waals surface area contributed by atoms with Gasteiger partial charge in [-0.15, -0.1) is 22.9 Å². The first-order valence-electron chi connectivity index (χ1n) is 6.84. The number of thiophene rings is 1. The fraction of sp³-hybridized carbons (Fsp3) is 0.733. The predicted molar refractivity (Wildman–Crippen MR) is 85.7 cm³/mol. The maximum Gasteiger partial charge on any atom is 0.0735 e. The maximum absolute atomic E-state index is 6.89. The summed E-state index contributed by atoms with van der Waals surface area (Å²) in [6.07, 6.45) is 6.56. The number of halogens is 2. The SMILES string of the molecule is Cc1cc(C(Cl)C2(CC(C)C)CCCC2)sc1Br. The number of hydrogen-bond donors (Lipinski definition) is 0. The standard InChI is InChI=1S/C15H22BrClS/c1-10(2)9-15(6-4-5-7-15)13(17)12-8-11(3)14(16)18-12/h8,10,13H,4-7,9H2,1-3H3. The third-order valence-corrected chi connectivity index (χ3v) is 7.11. The molecule has 0 spiro atoms. The number of aryl methyl sites for hydroxylation is 1. The zero-order chi connectivity index (χ0) is 13.3. The van der Waals surface area contributed by atoms with Crippen molar-refractivity contribution in [1.29, 1.82) is 0 Å². The summed E-state index contributed by atoms with van der Waals surface area (Å²) in [7, 11) is 0. The summed E-state index contributed by atoms with van der Waals surface area (Å²) in [4.78, 5) is 1.35. The van der Waals surface area contributed by atoms with Crippen molar-refractivity contribution >= 4 is 38.9 Å². The van der Waals surface area contributed by atoms with Crippen molar-refractivity contribution in [2.45, 2.75) is 58.3 Å². The Morgan fingerprint density at radius 2 is 2.00 bits per heavy atom. The number of hydrogen-bond acceptors (Lipinski definition) is 1. The lowest BCUT2D eigenvalue weighted by atomic mass is 9.75. The minimum Gasteiger partial charge on any atom is -0.131 e. The summed E-state index contributed by atoms with van der Waals surface area (Å²) in [5.41, 5.74) is 1.66. The highest BCUT2D eigenvalue weighted by Gasteiger charge is 2.42. The molecule has 1 atom stereocenters. The Hall–Kier alpha value is 0.470. The molecule has 1 fully saturated rings. The molecule has 0 amide bonds. The molecule has 0 aliphatic heterocycles. The molecule has 1 aromatic heterocycles. The van der Waals surface area contributed by atoms with Crippen LogP contribution < -0.4 is 0 Å². The molecule has 1 saturated carbocycles. The van der Waals surface area contributed by atoms with Crippen LogP contribution in [-0.2, 0) is 0 Å². The van der Waals surface area contributed by atoms with E-state index in [0.717, 1.165) is 5.92 Å². The summed E-state index contributed by atoms with van der Waals surface area (Å²) in [5.74, 6) is 0.730. The molecule has 1 unspecified atom stereocenters. The van der Waals surface area contributed by atoms with E-state index in [1.165, 1.54) is 46.3 Å². The molecule has 0 saturated heterocycles. The van der Waals surface area contributed by atoms with Crippen LogP contribution in [-0.4, -0.2) is 0 Å². The lowest BCUT2D eigenvalue weighted by Crippen LogP contribution is -2.24.